The molecule has 0 fully saturated rings. The van der Waals surface area contributed by atoms with Gasteiger partial charge < -0.3 is 9.47 Å². The van der Waals surface area contributed by atoms with E-state index in [9.17, 15) is 13.2 Å². The van der Waals surface area contributed by atoms with Crippen LogP contribution in [0.1, 0.15) is 19.4 Å². The summed E-state index contributed by atoms with van der Waals surface area (Å²) < 4.78 is 36.5. The van der Waals surface area contributed by atoms with Crippen LogP contribution in [-0.2, 0) is 19.6 Å². The Morgan fingerprint density at radius 1 is 1.19 bits per heavy atom. The molecule has 1 aromatic rings. The van der Waals surface area contributed by atoms with Crippen LogP contribution in [0.2, 0.25) is 0 Å². The molecule has 2 rings (SSSR count). The zero-order chi connectivity index (χ0) is 16.3. The number of benzene rings is 1. The maximum atomic E-state index is 11.6. The highest BCUT2D eigenvalue weighted by molar-refractivity contribution is 7.85. The molecular weight excluding hydrogens is 296 g/mol. The molecule has 1 aromatic carbocycles. The average molecular weight is 314 g/mol. The van der Waals surface area contributed by atoms with Crippen molar-refractivity contribution in [3.8, 4) is 5.75 Å². The standard InChI is InChI=1S/C13H14O3.CH4O3S/c1-13(2)12(14)8-11(16-13)9-4-6-10(15-3)7-5-9;1-5(2,3)4/h4-8H,1-3H3;1H3,(H,2,3,4). The van der Waals surface area contributed by atoms with Crippen LogP contribution in [-0.4, -0.2) is 37.7 Å². The summed E-state index contributed by atoms with van der Waals surface area (Å²) in [5, 5.41) is 0. The van der Waals surface area contributed by atoms with Gasteiger partial charge in [0.05, 0.1) is 13.4 Å². The Balaban J connectivity index is 0.000000383. The van der Waals surface area contributed by atoms with Gasteiger partial charge in [0.25, 0.3) is 10.1 Å². The number of hydrogen-bond donors (Lipinski definition) is 1. The molecule has 0 aliphatic carbocycles. The van der Waals surface area contributed by atoms with Crippen molar-refractivity contribution in [3.05, 3.63) is 35.9 Å². The first-order chi connectivity index (χ1) is 9.53. The van der Waals surface area contributed by atoms with Gasteiger partial charge in [0.2, 0.25) is 5.78 Å². The van der Waals surface area contributed by atoms with Crippen LogP contribution < -0.4 is 4.74 Å². The maximum absolute atomic E-state index is 11.6. The van der Waals surface area contributed by atoms with Crippen molar-refractivity contribution in [2.45, 2.75) is 19.4 Å². The first-order valence-corrected chi connectivity index (χ1v) is 7.90. The van der Waals surface area contributed by atoms with Crippen LogP contribution in [0, 0.1) is 0 Å². The molecule has 1 N–H and O–H groups in total. The molecule has 0 unspecified atom stereocenters. The summed E-state index contributed by atoms with van der Waals surface area (Å²) in [7, 11) is -2.05. The molecule has 116 valence electrons. The summed E-state index contributed by atoms with van der Waals surface area (Å²) in [6, 6.07) is 7.43. The minimum Gasteiger partial charge on any atom is -0.497 e. The lowest BCUT2D eigenvalue weighted by Gasteiger charge is -2.18. The van der Waals surface area contributed by atoms with E-state index in [1.165, 1.54) is 0 Å². The molecule has 0 radical (unpaired) electrons. The van der Waals surface area contributed by atoms with Gasteiger partial charge in [-0.2, -0.15) is 8.42 Å². The van der Waals surface area contributed by atoms with Gasteiger partial charge in [-0.1, -0.05) is 0 Å². The lowest BCUT2D eigenvalue weighted by Crippen LogP contribution is -2.27. The molecule has 0 atom stereocenters. The van der Waals surface area contributed by atoms with Gasteiger partial charge in [-0.25, -0.2) is 0 Å². The van der Waals surface area contributed by atoms with Gasteiger partial charge in [-0.3, -0.25) is 9.35 Å². The highest BCUT2D eigenvalue weighted by Gasteiger charge is 2.35. The van der Waals surface area contributed by atoms with E-state index in [1.54, 1.807) is 27.0 Å². The molecule has 6 nitrogen and oxygen atoms in total. The molecule has 1 heterocycles. The monoisotopic (exact) mass is 314 g/mol. The minimum absolute atomic E-state index is 0.00156. The lowest BCUT2D eigenvalue weighted by atomic mass is 10.1. The highest BCUT2D eigenvalue weighted by Crippen LogP contribution is 2.31. The van der Waals surface area contributed by atoms with E-state index < -0.39 is 15.7 Å². The van der Waals surface area contributed by atoms with Crippen LogP contribution in [0.5, 0.6) is 5.75 Å². The molecule has 1 aliphatic rings. The fourth-order valence-corrected chi connectivity index (χ4v) is 1.55. The van der Waals surface area contributed by atoms with Crippen molar-refractivity contribution < 1.29 is 27.2 Å². The van der Waals surface area contributed by atoms with E-state index in [0.717, 1.165) is 11.3 Å². The van der Waals surface area contributed by atoms with Crippen LogP contribution in [0.4, 0.5) is 0 Å². The predicted octanol–water partition coefficient (Wildman–Crippen LogP) is 1.92. The number of ketones is 1. The molecule has 0 amide bonds. The van der Waals surface area contributed by atoms with Crippen molar-refractivity contribution in [3.63, 3.8) is 0 Å². The van der Waals surface area contributed by atoms with Crippen molar-refractivity contribution >= 4 is 21.7 Å². The Morgan fingerprint density at radius 2 is 1.67 bits per heavy atom. The molecule has 21 heavy (non-hydrogen) atoms. The predicted molar refractivity (Wildman–Crippen MR) is 78.6 cm³/mol. The second-order valence-corrected chi connectivity index (χ2v) is 6.41. The van der Waals surface area contributed by atoms with E-state index >= 15 is 0 Å². The number of carbonyl (C=O) groups excluding carboxylic acids is 1. The first-order valence-electron chi connectivity index (χ1n) is 6.05. The lowest BCUT2D eigenvalue weighted by molar-refractivity contribution is -0.125. The molecule has 7 heteroatoms. The third-order valence-corrected chi connectivity index (χ3v) is 2.60. The Hall–Kier alpha value is -1.86. The van der Waals surface area contributed by atoms with Gasteiger partial charge in [0.1, 0.15) is 11.5 Å². The van der Waals surface area contributed by atoms with Crippen molar-refractivity contribution in [1.82, 2.24) is 0 Å². The zero-order valence-electron chi connectivity index (χ0n) is 12.3. The van der Waals surface area contributed by atoms with Gasteiger partial charge in [-0.15, -0.1) is 0 Å². The van der Waals surface area contributed by atoms with Crippen molar-refractivity contribution in [2.75, 3.05) is 13.4 Å². The van der Waals surface area contributed by atoms with Gasteiger partial charge in [0.15, 0.2) is 5.60 Å². The maximum Gasteiger partial charge on any atom is 0.261 e. The summed E-state index contributed by atoms with van der Waals surface area (Å²) in [4.78, 5) is 11.6. The largest absolute Gasteiger partial charge is 0.497 e. The summed E-state index contributed by atoms with van der Waals surface area (Å²) in [6.07, 6.45) is 2.26. The smallest absolute Gasteiger partial charge is 0.261 e. The quantitative estimate of drug-likeness (QED) is 0.839. The molecule has 0 bridgehead atoms. The second-order valence-electron chi connectivity index (χ2n) is 4.95. The summed E-state index contributed by atoms with van der Waals surface area (Å²) in [5.74, 6) is 1.41. The van der Waals surface area contributed by atoms with E-state index in [-0.39, 0.29) is 5.78 Å². The van der Waals surface area contributed by atoms with E-state index in [1.807, 2.05) is 24.3 Å². The second kappa shape index (κ2) is 6.28. The van der Waals surface area contributed by atoms with E-state index in [4.69, 9.17) is 14.0 Å². The number of carbonyl (C=O) groups is 1. The molecule has 1 aliphatic heterocycles. The SMILES string of the molecule is COc1ccc(C2=CC(=O)C(C)(C)O2)cc1.CS(=O)(=O)O. The average Bonchev–Trinajstić information content (AvgIpc) is 2.62. The van der Waals surface area contributed by atoms with Crippen molar-refractivity contribution in [1.29, 1.82) is 0 Å². The fraction of sp³-hybridized carbons (Fsp3) is 0.357. The van der Waals surface area contributed by atoms with Gasteiger partial charge in [-0.05, 0) is 38.1 Å². The number of hydrogen-bond acceptors (Lipinski definition) is 5. The first kappa shape index (κ1) is 17.2. The molecule has 0 saturated heterocycles. The van der Waals surface area contributed by atoms with Gasteiger partial charge in [0, 0.05) is 11.6 Å². The normalized spacial score (nSPS) is 16.4. The zero-order valence-corrected chi connectivity index (χ0v) is 13.1. The highest BCUT2D eigenvalue weighted by atomic mass is 32.2. The topological polar surface area (TPSA) is 89.9 Å². The Morgan fingerprint density at radius 3 is 2.00 bits per heavy atom. The Kier molecular flexibility index (Phi) is 5.14. The molecular formula is C14H18O6S. The molecule has 0 aromatic heterocycles. The van der Waals surface area contributed by atoms with E-state index in [0.29, 0.717) is 12.0 Å². The van der Waals surface area contributed by atoms with Crippen LogP contribution in [0.15, 0.2) is 30.3 Å². The van der Waals surface area contributed by atoms with Crippen LogP contribution in [0.3, 0.4) is 0 Å². The molecule has 0 saturated carbocycles. The molecule has 0 spiro atoms. The number of rotatable bonds is 2. The fourth-order valence-electron chi connectivity index (χ4n) is 1.55. The van der Waals surface area contributed by atoms with Crippen molar-refractivity contribution in [2.24, 2.45) is 0 Å². The summed E-state index contributed by atoms with van der Waals surface area (Å²) in [6.45, 7) is 3.53. The third-order valence-electron chi connectivity index (χ3n) is 2.60. The Bertz CT molecular complexity index is 633. The summed E-state index contributed by atoms with van der Waals surface area (Å²) in [5.41, 5.74) is 0.148. The summed E-state index contributed by atoms with van der Waals surface area (Å²) >= 11 is 0. The van der Waals surface area contributed by atoms with Crippen LogP contribution >= 0.6 is 0 Å². The van der Waals surface area contributed by atoms with E-state index in [2.05, 4.69) is 0 Å². The van der Waals surface area contributed by atoms with Crippen LogP contribution in [0.25, 0.3) is 5.76 Å². The third kappa shape index (κ3) is 5.57. The minimum atomic E-state index is -3.67. The van der Waals surface area contributed by atoms with Gasteiger partial charge >= 0.3 is 0 Å². The number of ether oxygens (including phenoxy) is 2. The number of methoxy groups -OCH3 is 1. The Labute approximate surface area is 124 Å².